The standard InChI is InChI=1S/C18H14F3NO3/c1-25-17(24)15-10-11-4-2-3-5-14(11)16(23)22(15)13-8-6-12(7-9-13)18(19,20)21/h2-9,15H,10H2,1H3. The van der Waals surface area contributed by atoms with Gasteiger partial charge in [-0.1, -0.05) is 18.2 Å². The minimum absolute atomic E-state index is 0.211. The molecule has 0 saturated heterocycles. The highest BCUT2D eigenvalue weighted by atomic mass is 19.4. The third-order valence-electron chi connectivity index (χ3n) is 4.14. The van der Waals surface area contributed by atoms with Crippen LogP contribution in [0.15, 0.2) is 48.5 Å². The third kappa shape index (κ3) is 3.09. The summed E-state index contributed by atoms with van der Waals surface area (Å²) >= 11 is 0. The van der Waals surface area contributed by atoms with Gasteiger partial charge in [0.15, 0.2) is 0 Å². The molecule has 2 aromatic carbocycles. The molecule has 3 rings (SSSR count). The zero-order valence-electron chi connectivity index (χ0n) is 13.2. The van der Waals surface area contributed by atoms with E-state index in [0.717, 1.165) is 12.1 Å². The smallest absolute Gasteiger partial charge is 0.416 e. The van der Waals surface area contributed by atoms with Crippen molar-refractivity contribution in [3.05, 3.63) is 65.2 Å². The average Bonchev–Trinajstić information content (AvgIpc) is 2.60. The SMILES string of the molecule is COC(=O)C1Cc2ccccc2C(=O)N1c1ccc(C(F)(F)F)cc1. The van der Waals surface area contributed by atoms with Crippen LogP contribution in [0.25, 0.3) is 0 Å². The zero-order valence-corrected chi connectivity index (χ0v) is 13.2. The van der Waals surface area contributed by atoms with Gasteiger partial charge in [0.05, 0.1) is 12.7 Å². The van der Waals surface area contributed by atoms with Crippen LogP contribution in [0, 0.1) is 0 Å². The fourth-order valence-electron chi connectivity index (χ4n) is 2.91. The molecular weight excluding hydrogens is 335 g/mol. The Bertz CT molecular complexity index is 815. The summed E-state index contributed by atoms with van der Waals surface area (Å²) in [6.45, 7) is 0. The first-order chi connectivity index (χ1) is 11.8. The predicted molar refractivity (Wildman–Crippen MR) is 84.2 cm³/mol. The van der Waals surface area contributed by atoms with E-state index in [0.29, 0.717) is 11.1 Å². The van der Waals surface area contributed by atoms with Crippen molar-refractivity contribution in [2.75, 3.05) is 12.0 Å². The maximum atomic E-state index is 12.8. The van der Waals surface area contributed by atoms with Gasteiger partial charge in [0.1, 0.15) is 6.04 Å². The van der Waals surface area contributed by atoms with Crippen molar-refractivity contribution < 1.29 is 27.5 Å². The van der Waals surface area contributed by atoms with E-state index in [1.165, 1.54) is 24.1 Å². The second-order valence-electron chi connectivity index (χ2n) is 5.62. The number of fused-ring (bicyclic) bond motifs is 1. The molecule has 0 bridgehead atoms. The molecule has 130 valence electrons. The number of anilines is 1. The molecular formula is C18H14F3NO3. The molecule has 0 fully saturated rings. The number of methoxy groups -OCH3 is 1. The van der Waals surface area contributed by atoms with Crippen LogP contribution in [0.2, 0.25) is 0 Å². The predicted octanol–water partition coefficient (Wildman–Crippen LogP) is 3.45. The van der Waals surface area contributed by atoms with Gasteiger partial charge in [-0.15, -0.1) is 0 Å². The highest BCUT2D eigenvalue weighted by Gasteiger charge is 2.38. The minimum atomic E-state index is -4.47. The van der Waals surface area contributed by atoms with Crippen molar-refractivity contribution in [3.63, 3.8) is 0 Å². The Labute approximate surface area is 141 Å². The molecule has 1 atom stereocenters. The van der Waals surface area contributed by atoms with Crippen LogP contribution < -0.4 is 4.90 Å². The molecule has 0 spiro atoms. The molecule has 0 saturated carbocycles. The van der Waals surface area contributed by atoms with E-state index >= 15 is 0 Å². The fraction of sp³-hybridized carbons (Fsp3) is 0.222. The highest BCUT2D eigenvalue weighted by molar-refractivity contribution is 6.11. The average molecular weight is 349 g/mol. The molecule has 0 aromatic heterocycles. The summed E-state index contributed by atoms with van der Waals surface area (Å²) in [5.74, 6) is -1.07. The quantitative estimate of drug-likeness (QED) is 0.780. The van der Waals surface area contributed by atoms with E-state index in [4.69, 9.17) is 4.74 Å². The first-order valence-electron chi connectivity index (χ1n) is 7.49. The number of halogens is 3. The molecule has 0 radical (unpaired) electrons. The molecule has 1 heterocycles. The molecule has 0 N–H and O–H groups in total. The number of carbonyl (C=O) groups is 2. The van der Waals surface area contributed by atoms with Crippen LogP contribution in [0.3, 0.4) is 0 Å². The summed E-state index contributed by atoms with van der Waals surface area (Å²) in [5.41, 5.74) is 0.507. The number of esters is 1. The van der Waals surface area contributed by atoms with Gasteiger partial charge < -0.3 is 4.74 Å². The van der Waals surface area contributed by atoms with Crippen molar-refractivity contribution >= 4 is 17.6 Å². The Balaban J connectivity index is 2.05. The van der Waals surface area contributed by atoms with Crippen molar-refractivity contribution in [1.82, 2.24) is 0 Å². The minimum Gasteiger partial charge on any atom is -0.467 e. The maximum absolute atomic E-state index is 12.8. The molecule has 4 nitrogen and oxygen atoms in total. The second kappa shape index (κ2) is 6.23. The van der Waals surface area contributed by atoms with Gasteiger partial charge in [-0.3, -0.25) is 9.69 Å². The topological polar surface area (TPSA) is 46.6 Å². The Hall–Kier alpha value is -2.83. The molecule has 1 amide bonds. The summed E-state index contributed by atoms with van der Waals surface area (Å²) in [5, 5.41) is 0. The maximum Gasteiger partial charge on any atom is 0.416 e. The summed E-state index contributed by atoms with van der Waals surface area (Å²) < 4.78 is 43.0. The number of amides is 1. The van der Waals surface area contributed by atoms with Gasteiger partial charge in [0.25, 0.3) is 5.91 Å². The number of hydrogen-bond acceptors (Lipinski definition) is 3. The third-order valence-corrected chi connectivity index (χ3v) is 4.14. The number of benzene rings is 2. The van der Waals surface area contributed by atoms with Crippen molar-refractivity contribution in [3.8, 4) is 0 Å². The number of hydrogen-bond donors (Lipinski definition) is 0. The van der Waals surface area contributed by atoms with Crippen molar-refractivity contribution in [2.45, 2.75) is 18.6 Å². The number of alkyl halides is 3. The van der Waals surface area contributed by atoms with Gasteiger partial charge in [0.2, 0.25) is 0 Å². The normalized spacial score (nSPS) is 17.2. The first kappa shape index (κ1) is 17.0. The van der Waals surface area contributed by atoms with Gasteiger partial charge in [0, 0.05) is 17.7 Å². The fourth-order valence-corrected chi connectivity index (χ4v) is 2.91. The summed E-state index contributed by atoms with van der Waals surface area (Å²) in [6.07, 6.45) is -4.24. The molecule has 0 aliphatic carbocycles. The second-order valence-corrected chi connectivity index (χ2v) is 5.62. The lowest BCUT2D eigenvalue weighted by Gasteiger charge is -2.35. The van der Waals surface area contributed by atoms with Crippen LogP contribution in [0.5, 0.6) is 0 Å². The monoisotopic (exact) mass is 349 g/mol. The van der Waals surface area contributed by atoms with Crippen LogP contribution in [0.4, 0.5) is 18.9 Å². The Morgan fingerprint density at radius 1 is 1.12 bits per heavy atom. The number of rotatable bonds is 2. The van der Waals surface area contributed by atoms with Crippen LogP contribution in [0.1, 0.15) is 21.5 Å². The van der Waals surface area contributed by atoms with E-state index < -0.39 is 29.7 Å². The largest absolute Gasteiger partial charge is 0.467 e. The Kier molecular flexibility index (Phi) is 4.24. The lowest BCUT2D eigenvalue weighted by Crippen LogP contribution is -2.50. The van der Waals surface area contributed by atoms with E-state index in [1.807, 2.05) is 0 Å². The van der Waals surface area contributed by atoms with Gasteiger partial charge in [-0.2, -0.15) is 13.2 Å². The molecule has 1 unspecified atom stereocenters. The van der Waals surface area contributed by atoms with E-state index in [2.05, 4.69) is 0 Å². The van der Waals surface area contributed by atoms with Crippen molar-refractivity contribution in [2.24, 2.45) is 0 Å². The Morgan fingerprint density at radius 3 is 2.36 bits per heavy atom. The summed E-state index contributed by atoms with van der Waals surface area (Å²) in [4.78, 5) is 26.2. The van der Waals surface area contributed by atoms with Crippen LogP contribution >= 0.6 is 0 Å². The molecule has 2 aromatic rings. The lowest BCUT2D eigenvalue weighted by molar-refractivity contribution is -0.142. The lowest BCUT2D eigenvalue weighted by atomic mass is 9.92. The van der Waals surface area contributed by atoms with Crippen molar-refractivity contribution in [1.29, 1.82) is 0 Å². The number of carbonyl (C=O) groups excluding carboxylic acids is 2. The van der Waals surface area contributed by atoms with E-state index in [1.54, 1.807) is 24.3 Å². The van der Waals surface area contributed by atoms with E-state index in [-0.39, 0.29) is 12.1 Å². The number of nitrogens with zero attached hydrogens (tertiary/aromatic N) is 1. The van der Waals surface area contributed by atoms with Gasteiger partial charge in [-0.25, -0.2) is 4.79 Å². The number of ether oxygens (including phenoxy) is 1. The summed E-state index contributed by atoms with van der Waals surface area (Å²) in [7, 11) is 1.21. The zero-order chi connectivity index (χ0) is 18.2. The Morgan fingerprint density at radius 2 is 1.76 bits per heavy atom. The van der Waals surface area contributed by atoms with Gasteiger partial charge in [-0.05, 0) is 35.9 Å². The summed E-state index contributed by atoms with van der Waals surface area (Å²) in [6, 6.07) is 10.0. The molecule has 1 aliphatic rings. The molecule has 25 heavy (non-hydrogen) atoms. The van der Waals surface area contributed by atoms with E-state index in [9.17, 15) is 22.8 Å². The molecule has 7 heteroatoms. The van der Waals surface area contributed by atoms with Crippen LogP contribution in [-0.2, 0) is 22.1 Å². The highest BCUT2D eigenvalue weighted by Crippen LogP contribution is 2.33. The first-order valence-corrected chi connectivity index (χ1v) is 7.49. The van der Waals surface area contributed by atoms with Crippen LogP contribution in [-0.4, -0.2) is 25.0 Å². The molecule has 1 aliphatic heterocycles. The van der Waals surface area contributed by atoms with Gasteiger partial charge >= 0.3 is 12.1 Å².